The number of carbonyl (C=O) groups excluding carboxylic acids is 1. The number of hydrogen-bond donors (Lipinski definition) is 0. The molecule has 2 heterocycles. The molecule has 0 atom stereocenters. The Morgan fingerprint density at radius 3 is 2.85 bits per heavy atom. The van der Waals surface area contributed by atoms with Gasteiger partial charge in [0.1, 0.15) is 0 Å². The van der Waals surface area contributed by atoms with Crippen molar-refractivity contribution in [3.8, 4) is 0 Å². The average molecular weight is 304 g/mol. The minimum Gasteiger partial charge on any atom is -0.402 e. The van der Waals surface area contributed by atoms with E-state index in [4.69, 9.17) is 16.3 Å². The molecule has 100 valence electrons. The van der Waals surface area contributed by atoms with Gasteiger partial charge in [-0.2, -0.15) is 0 Å². The van der Waals surface area contributed by atoms with Crippen LogP contribution in [0.25, 0.3) is 6.08 Å². The molecule has 0 spiro atoms. The van der Waals surface area contributed by atoms with E-state index in [0.29, 0.717) is 16.3 Å². The van der Waals surface area contributed by atoms with E-state index < -0.39 is 5.97 Å². The first-order valence-electron chi connectivity index (χ1n) is 5.97. The summed E-state index contributed by atoms with van der Waals surface area (Å²) in [5.41, 5.74) is 0.999. The highest BCUT2D eigenvalue weighted by Crippen LogP contribution is 2.23. The zero-order valence-electron chi connectivity index (χ0n) is 10.6. The predicted molar refractivity (Wildman–Crippen MR) is 81.1 cm³/mol. The van der Waals surface area contributed by atoms with Crippen molar-refractivity contribution < 1.29 is 9.53 Å². The van der Waals surface area contributed by atoms with Gasteiger partial charge in [0, 0.05) is 20.3 Å². The number of rotatable bonds is 2. The van der Waals surface area contributed by atoms with Gasteiger partial charge in [0.2, 0.25) is 5.90 Å². The van der Waals surface area contributed by atoms with Crippen LogP contribution in [-0.4, -0.2) is 11.9 Å². The SMILES string of the molecule is Cc1ccc(/C=C2\N=C(c3cccc(Cl)c3)OC2=O)s1. The lowest BCUT2D eigenvalue weighted by molar-refractivity contribution is -0.129. The standard InChI is InChI=1S/C15H10ClNO2S/c1-9-5-6-12(20-9)8-13-15(18)19-14(17-13)10-3-2-4-11(16)7-10/h2-8H,1H3/b13-8-. The van der Waals surface area contributed by atoms with Gasteiger partial charge in [-0.25, -0.2) is 9.79 Å². The molecule has 3 nitrogen and oxygen atoms in total. The summed E-state index contributed by atoms with van der Waals surface area (Å²) in [7, 11) is 0. The molecular weight excluding hydrogens is 294 g/mol. The van der Waals surface area contributed by atoms with E-state index in [-0.39, 0.29) is 5.90 Å². The number of cyclic esters (lactones) is 1. The van der Waals surface area contributed by atoms with Crippen LogP contribution in [0.5, 0.6) is 0 Å². The zero-order valence-corrected chi connectivity index (χ0v) is 12.2. The van der Waals surface area contributed by atoms with Crippen molar-refractivity contribution in [1.82, 2.24) is 0 Å². The van der Waals surface area contributed by atoms with Crippen LogP contribution in [-0.2, 0) is 9.53 Å². The third-order valence-corrected chi connectivity index (χ3v) is 3.91. The van der Waals surface area contributed by atoms with Gasteiger partial charge in [-0.05, 0) is 43.3 Å². The van der Waals surface area contributed by atoms with Crippen molar-refractivity contribution >= 4 is 40.9 Å². The number of aliphatic imine (C=N–C) groups is 1. The second-order valence-corrected chi connectivity index (χ2v) is 6.05. The smallest absolute Gasteiger partial charge is 0.363 e. The molecule has 0 radical (unpaired) electrons. The number of esters is 1. The number of halogens is 1. The lowest BCUT2D eigenvalue weighted by atomic mass is 10.2. The first kappa shape index (κ1) is 13.1. The molecule has 0 bridgehead atoms. The van der Waals surface area contributed by atoms with Gasteiger partial charge in [-0.3, -0.25) is 0 Å². The van der Waals surface area contributed by atoms with Gasteiger partial charge >= 0.3 is 5.97 Å². The lowest BCUT2D eigenvalue weighted by Gasteiger charge is -1.98. The molecule has 1 aromatic heterocycles. The van der Waals surface area contributed by atoms with Gasteiger partial charge < -0.3 is 4.74 Å². The van der Waals surface area contributed by atoms with Crippen molar-refractivity contribution in [3.05, 3.63) is 62.4 Å². The van der Waals surface area contributed by atoms with Crippen LogP contribution in [0.3, 0.4) is 0 Å². The average Bonchev–Trinajstić information content (AvgIpc) is 2.97. The summed E-state index contributed by atoms with van der Waals surface area (Å²) < 4.78 is 5.18. The minimum atomic E-state index is -0.439. The molecule has 0 saturated carbocycles. The predicted octanol–water partition coefficient (Wildman–Crippen LogP) is 4.05. The van der Waals surface area contributed by atoms with E-state index in [2.05, 4.69) is 4.99 Å². The molecule has 20 heavy (non-hydrogen) atoms. The van der Waals surface area contributed by atoms with Crippen LogP contribution in [0.4, 0.5) is 0 Å². The molecule has 0 unspecified atom stereocenters. The summed E-state index contributed by atoms with van der Waals surface area (Å²) in [6.45, 7) is 2.01. The quantitative estimate of drug-likeness (QED) is 0.620. The number of nitrogens with zero attached hydrogens (tertiary/aromatic N) is 1. The van der Waals surface area contributed by atoms with Gasteiger partial charge in [0.25, 0.3) is 0 Å². The van der Waals surface area contributed by atoms with E-state index in [1.54, 1.807) is 41.7 Å². The number of benzene rings is 1. The summed E-state index contributed by atoms with van der Waals surface area (Å²) in [5.74, 6) is -0.150. The zero-order chi connectivity index (χ0) is 14.1. The Morgan fingerprint density at radius 2 is 2.15 bits per heavy atom. The van der Waals surface area contributed by atoms with Gasteiger partial charge in [0.05, 0.1) is 0 Å². The van der Waals surface area contributed by atoms with E-state index in [1.807, 2.05) is 19.1 Å². The van der Waals surface area contributed by atoms with Gasteiger partial charge in [-0.15, -0.1) is 11.3 Å². The highest BCUT2D eigenvalue weighted by molar-refractivity contribution is 7.12. The Morgan fingerprint density at radius 1 is 1.30 bits per heavy atom. The van der Waals surface area contributed by atoms with Crippen LogP contribution in [0.2, 0.25) is 5.02 Å². The van der Waals surface area contributed by atoms with Crippen molar-refractivity contribution in [2.45, 2.75) is 6.92 Å². The fraction of sp³-hybridized carbons (Fsp3) is 0.0667. The Kier molecular flexibility index (Phi) is 3.42. The molecule has 2 aromatic rings. The van der Waals surface area contributed by atoms with Crippen molar-refractivity contribution in [2.24, 2.45) is 4.99 Å². The monoisotopic (exact) mass is 303 g/mol. The maximum atomic E-state index is 11.8. The molecule has 3 rings (SSSR count). The maximum Gasteiger partial charge on any atom is 0.363 e. The summed E-state index contributed by atoms with van der Waals surface area (Å²) >= 11 is 7.52. The fourth-order valence-electron chi connectivity index (χ4n) is 1.82. The van der Waals surface area contributed by atoms with Crippen molar-refractivity contribution in [3.63, 3.8) is 0 Å². The number of aryl methyl sites for hydroxylation is 1. The summed E-state index contributed by atoms with van der Waals surface area (Å²) in [6.07, 6.45) is 1.73. The number of hydrogen-bond acceptors (Lipinski definition) is 4. The van der Waals surface area contributed by atoms with E-state index >= 15 is 0 Å². The van der Waals surface area contributed by atoms with Gasteiger partial charge in [-0.1, -0.05) is 17.7 Å². The van der Waals surface area contributed by atoms with Crippen molar-refractivity contribution in [1.29, 1.82) is 0 Å². The normalized spacial score (nSPS) is 16.4. The number of carbonyl (C=O) groups is 1. The van der Waals surface area contributed by atoms with Crippen LogP contribution < -0.4 is 0 Å². The Hall–Kier alpha value is -1.91. The van der Waals surface area contributed by atoms with Crippen molar-refractivity contribution in [2.75, 3.05) is 0 Å². The molecule has 0 N–H and O–H groups in total. The number of ether oxygens (including phenoxy) is 1. The largest absolute Gasteiger partial charge is 0.402 e. The van der Waals surface area contributed by atoms with E-state index in [9.17, 15) is 4.79 Å². The topological polar surface area (TPSA) is 38.7 Å². The highest BCUT2D eigenvalue weighted by atomic mass is 35.5. The second kappa shape index (κ2) is 5.23. The van der Waals surface area contributed by atoms with Crippen LogP contribution in [0.1, 0.15) is 15.3 Å². The summed E-state index contributed by atoms with van der Waals surface area (Å²) in [5, 5.41) is 0.576. The van der Waals surface area contributed by atoms with Gasteiger partial charge in [0.15, 0.2) is 5.70 Å². The van der Waals surface area contributed by atoms with Crippen LogP contribution >= 0.6 is 22.9 Å². The molecule has 0 amide bonds. The summed E-state index contributed by atoms with van der Waals surface area (Å²) in [6, 6.07) is 11.0. The van der Waals surface area contributed by atoms with E-state index in [1.165, 1.54) is 4.88 Å². The Bertz CT molecular complexity index is 746. The summed E-state index contributed by atoms with van der Waals surface area (Å²) in [4.78, 5) is 18.2. The maximum absolute atomic E-state index is 11.8. The number of thiophene rings is 1. The first-order valence-corrected chi connectivity index (χ1v) is 7.16. The highest BCUT2D eigenvalue weighted by Gasteiger charge is 2.24. The fourth-order valence-corrected chi connectivity index (χ4v) is 2.82. The molecule has 0 aliphatic carbocycles. The second-order valence-electron chi connectivity index (χ2n) is 4.29. The molecule has 0 fully saturated rings. The molecule has 1 aliphatic rings. The first-order chi connectivity index (χ1) is 9.61. The van der Waals surface area contributed by atoms with E-state index in [0.717, 1.165) is 4.88 Å². The third-order valence-electron chi connectivity index (χ3n) is 2.73. The van der Waals surface area contributed by atoms with Crippen LogP contribution in [0.15, 0.2) is 47.1 Å². The molecule has 0 saturated heterocycles. The Balaban J connectivity index is 1.94. The molecular formula is C15H10ClNO2S. The molecule has 1 aliphatic heterocycles. The molecule has 1 aromatic carbocycles. The Labute approximate surface area is 125 Å². The van der Waals surface area contributed by atoms with Crippen LogP contribution in [0, 0.1) is 6.92 Å². The lowest BCUT2D eigenvalue weighted by Crippen LogP contribution is -2.05. The molecule has 5 heteroatoms. The third kappa shape index (κ3) is 2.66. The minimum absolute atomic E-state index is 0.289.